The highest BCUT2D eigenvalue weighted by Crippen LogP contribution is 2.54. The maximum atomic E-state index is 6.42. The molecule has 0 spiro atoms. The quantitative estimate of drug-likeness (QED) is 0.131. The minimum absolute atomic E-state index is 0.0794. The maximum absolute atomic E-state index is 6.42. The van der Waals surface area contributed by atoms with Gasteiger partial charge in [0.25, 0.3) is 0 Å². The van der Waals surface area contributed by atoms with Crippen molar-refractivity contribution in [3.63, 3.8) is 0 Å². The lowest BCUT2D eigenvalue weighted by Gasteiger charge is -2.21. The third-order valence-electron chi connectivity index (χ3n) is 29.0. The Morgan fingerprint density at radius 2 is 0.517 bits per heavy atom. The first-order chi connectivity index (χ1) is 70.7. The normalized spacial score (nSPS) is 12.5. The third kappa shape index (κ3) is 12.7. The van der Waals surface area contributed by atoms with Gasteiger partial charge in [-0.05, 0) is 138 Å². The van der Waals surface area contributed by atoms with Gasteiger partial charge in [-0.25, -0.2) is 15.0 Å². The van der Waals surface area contributed by atoms with Gasteiger partial charge in [-0.3, -0.25) is 0 Å². The van der Waals surface area contributed by atoms with Crippen LogP contribution in [0, 0.1) is 0 Å². The first-order valence-corrected chi connectivity index (χ1v) is 49.1. The van der Waals surface area contributed by atoms with E-state index in [0.717, 1.165) is 144 Å². The lowest BCUT2D eigenvalue weighted by Crippen LogP contribution is -2.14. The van der Waals surface area contributed by atoms with Crippen LogP contribution in [0.2, 0.25) is 0 Å². The molecule has 31 rings (SSSR count). The van der Waals surface area contributed by atoms with Crippen LogP contribution >= 0.6 is 11.3 Å². The second kappa shape index (κ2) is 32.2. The number of rotatable bonds is 10. The molecule has 0 atom stereocenters. The smallest absolute Gasteiger partial charge is 0.231 e. The number of benzene rings is 19. The monoisotopic (exact) mass is 1850 g/mol. The van der Waals surface area contributed by atoms with E-state index < -0.39 is 0 Å². The Bertz CT molecular complexity index is 10500. The third-order valence-corrected chi connectivity index (χ3v) is 30.2. The van der Waals surface area contributed by atoms with Crippen LogP contribution in [0.25, 0.3) is 275 Å². The van der Waals surface area contributed by atoms with Crippen LogP contribution in [-0.2, 0) is 5.41 Å². The molecule has 0 saturated heterocycles. The predicted molar refractivity (Wildman–Crippen MR) is 588 cm³/mol. The molecule has 0 saturated carbocycles. The van der Waals surface area contributed by atoms with Crippen molar-refractivity contribution >= 4 is 185 Å². The zero-order valence-corrected chi connectivity index (χ0v) is 78.1. The number of thiophene rings is 1. The van der Waals surface area contributed by atoms with Crippen LogP contribution in [0.15, 0.2) is 462 Å². The van der Waals surface area contributed by atoms with Gasteiger partial charge in [0.1, 0.15) is 16.7 Å². The molecule has 0 radical (unpaired) electrons. The number of aromatic nitrogens is 10. The molecule has 1 aliphatic rings. The van der Waals surface area contributed by atoms with Gasteiger partial charge in [-0.2, -0.15) is 15.0 Å². The molecule has 670 valence electrons. The molecule has 14 heteroatoms. The summed E-state index contributed by atoms with van der Waals surface area (Å²) < 4.78 is 31.4. The molecule has 143 heavy (non-hydrogen) atoms. The van der Waals surface area contributed by atoms with Crippen molar-refractivity contribution in [1.29, 1.82) is 0 Å². The fourth-order valence-electron chi connectivity index (χ4n) is 22.6. The molecular formula is C129H80N10O3S. The van der Waals surface area contributed by atoms with E-state index in [-0.39, 0.29) is 5.41 Å². The van der Waals surface area contributed by atoms with Gasteiger partial charge in [0.2, 0.25) is 17.1 Å². The minimum atomic E-state index is -0.0794. The van der Waals surface area contributed by atoms with E-state index in [4.69, 9.17) is 43.2 Å². The molecule has 0 N–H and O–H groups in total. The zero-order chi connectivity index (χ0) is 94.2. The van der Waals surface area contributed by atoms with Crippen molar-refractivity contribution in [3.8, 4) is 102 Å². The van der Waals surface area contributed by atoms with Crippen LogP contribution in [0.3, 0.4) is 0 Å². The summed E-state index contributed by atoms with van der Waals surface area (Å²) in [7, 11) is 0. The van der Waals surface area contributed by atoms with E-state index in [0.29, 0.717) is 34.6 Å². The highest BCUT2D eigenvalue weighted by molar-refractivity contribution is 7.25. The van der Waals surface area contributed by atoms with Gasteiger partial charge in [0.15, 0.2) is 17.5 Å². The minimum Gasteiger partial charge on any atom is -0.438 e. The summed E-state index contributed by atoms with van der Waals surface area (Å²) in [6, 6.07) is 158. The van der Waals surface area contributed by atoms with Gasteiger partial charge >= 0.3 is 0 Å². The van der Waals surface area contributed by atoms with Gasteiger partial charge in [-0.1, -0.05) is 347 Å². The Morgan fingerprint density at radius 1 is 0.210 bits per heavy atom. The largest absolute Gasteiger partial charge is 0.438 e. The van der Waals surface area contributed by atoms with Crippen molar-refractivity contribution < 1.29 is 13.3 Å². The summed E-state index contributed by atoms with van der Waals surface area (Å²) >= 11 is 1.86. The summed E-state index contributed by atoms with van der Waals surface area (Å²) in [6.45, 7) is 4.69. The summed E-state index contributed by atoms with van der Waals surface area (Å²) in [5.41, 5.74) is 31.5. The first-order valence-electron chi connectivity index (χ1n) is 48.3. The molecular weight excluding hydrogens is 1770 g/mol. The van der Waals surface area contributed by atoms with E-state index >= 15 is 0 Å². The van der Waals surface area contributed by atoms with Crippen molar-refractivity contribution in [1.82, 2.24) is 48.2 Å². The Balaban J connectivity index is 0.000000102. The Hall–Kier alpha value is -18.8. The Morgan fingerprint density at radius 3 is 0.944 bits per heavy atom. The summed E-state index contributed by atoms with van der Waals surface area (Å²) in [6.07, 6.45) is 0. The van der Waals surface area contributed by atoms with E-state index in [1.54, 1.807) is 0 Å². The predicted octanol–water partition coefficient (Wildman–Crippen LogP) is 34.2. The van der Waals surface area contributed by atoms with Gasteiger partial charge in [0, 0.05) is 124 Å². The molecule has 0 bridgehead atoms. The summed E-state index contributed by atoms with van der Waals surface area (Å²) in [5.74, 6) is 1.91. The molecule has 1 aliphatic carbocycles. The number of fused-ring (bicyclic) bond motifs is 27. The second-order valence-electron chi connectivity index (χ2n) is 37.4. The second-order valence-corrected chi connectivity index (χ2v) is 38.4. The van der Waals surface area contributed by atoms with Crippen molar-refractivity contribution in [2.24, 2.45) is 0 Å². The molecule has 0 amide bonds. The average molecular weight is 1850 g/mol. The lowest BCUT2D eigenvalue weighted by molar-refractivity contribution is 0.653. The van der Waals surface area contributed by atoms with Crippen LogP contribution in [-0.4, -0.2) is 48.2 Å². The van der Waals surface area contributed by atoms with E-state index in [1.165, 1.54) is 108 Å². The van der Waals surface area contributed by atoms with Crippen LogP contribution < -0.4 is 0 Å². The molecule has 13 nitrogen and oxygen atoms in total. The van der Waals surface area contributed by atoms with E-state index in [1.807, 2.05) is 157 Å². The van der Waals surface area contributed by atoms with Crippen LogP contribution in [0.4, 0.5) is 0 Å². The van der Waals surface area contributed by atoms with Crippen molar-refractivity contribution in [3.05, 3.63) is 460 Å². The number of furan rings is 3. The molecule has 0 aliphatic heterocycles. The Kier molecular flexibility index (Phi) is 18.3. The number of hydrogen-bond donors (Lipinski definition) is 0. The lowest BCUT2D eigenvalue weighted by atomic mass is 9.82. The van der Waals surface area contributed by atoms with Crippen LogP contribution in [0.1, 0.15) is 25.0 Å². The number of para-hydroxylation sites is 11. The van der Waals surface area contributed by atoms with E-state index in [2.05, 4.69) is 335 Å². The van der Waals surface area contributed by atoms with Crippen LogP contribution in [0.5, 0.6) is 0 Å². The average Bonchev–Trinajstić information content (AvgIpc) is 1.55. The van der Waals surface area contributed by atoms with Gasteiger partial charge in [-0.15, -0.1) is 11.3 Å². The topological polar surface area (TPSA) is 136 Å². The summed E-state index contributed by atoms with van der Waals surface area (Å²) in [5, 5.41) is 18.1. The molecule has 11 aromatic heterocycles. The standard InChI is InChI=1S/C46H28N4O.C43H29N3O.C40H23N3OS/c1-3-15-29(16-4-1)45-47-44(43-34-22-10-14-26-42(34)51-46(43)48-45)33-21-9-13-25-39(33)50-38-24-12-8-20-32(38)36-27-40-35(28-41(36)50)31-19-7-11-23-37(31)49(40)30-17-5-2-6-18-30;1-43(2)33-20-10-6-16-27(33)31-25-37-32(24-34(31)43)28-17-7-11-21-35(28)46(37)36-22-12-8-18-29(36)40-39-30-19-9-13-23-38(30)47-42(39)45-41(44-40)26-14-4-3-5-15-26;1-2-12-24(13-3-1)39-41-38(37-28-17-6-10-20-34(28)44-40(37)42-39)27-16-5-9-19-32(27)43-31-18-8-4-14-25(31)29-23-36-30(22-33(29)43)26-15-7-11-21-35(26)45-36/h1-28H;3-25H,1-2H3;1-23H. The zero-order valence-electron chi connectivity index (χ0n) is 77.3. The Labute approximate surface area is 821 Å². The number of nitrogens with zero attached hydrogens (tertiary/aromatic N) is 10. The number of hydrogen-bond acceptors (Lipinski definition) is 10. The summed E-state index contributed by atoms with van der Waals surface area (Å²) in [4.78, 5) is 30.8. The maximum Gasteiger partial charge on any atom is 0.231 e. The molecule has 19 aromatic carbocycles. The van der Waals surface area contributed by atoms with E-state index in [9.17, 15) is 0 Å². The molecule has 30 aromatic rings. The highest BCUT2D eigenvalue weighted by atomic mass is 32.1. The first kappa shape index (κ1) is 81.4. The van der Waals surface area contributed by atoms with Gasteiger partial charge in [0.05, 0.1) is 94.4 Å². The van der Waals surface area contributed by atoms with Crippen molar-refractivity contribution in [2.45, 2.75) is 19.3 Å². The van der Waals surface area contributed by atoms with Gasteiger partial charge < -0.3 is 31.5 Å². The molecule has 0 unspecified atom stereocenters. The highest BCUT2D eigenvalue weighted by Gasteiger charge is 2.37. The fourth-order valence-corrected chi connectivity index (χ4v) is 23.8. The van der Waals surface area contributed by atoms with Crippen molar-refractivity contribution in [2.75, 3.05) is 0 Å². The molecule has 11 heterocycles. The fraction of sp³-hybridized carbons (Fsp3) is 0.0233. The SMILES string of the molecule is CC1(C)c2ccccc2-c2cc3c(cc21)c1ccccc1n3-c1ccccc1-c1nc(-c2ccccc2)nc2oc3ccccc3c12.c1ccc(-c2nc(-c3ccccc3-n3c4ccccc4c4cc5c(cc43)c3ccccc3n5-c3ccccc3)c3c(n2)oc2ccccc23)cc1.c1ccc(-c2nc(-c3ccccc3-n3c4ccccc4c4cc5sc6ccccc6c5cc43)c3c(n2)oc2ccccc23)cc1. The molecule has 0 fully saturated rings.